The molecular weight excluding hydrogens is 372 g/mol. The highest BCUT2D eigenvalue weighted by Gasteiger charge is 2.11. The van der Waals surface area contributed by atoms with Gasteiger partial charge >= 0.3 is 0 Å². The molecule has 0 fully saturated rings. The van der Waals surface area contributed by atoms with Gasteiger partial charge in [-0.2, -0.15) is 0 Å². The molecule has 0 N–H and O–H groups in total. The molecule has 0 bridgehead atoms. The number of carbonyl (C=O) groups is 1. The van der Waals surface area contributed by atoms with Crippen LogP contribution in [0, 0.1) is 0 Å². The first-order valence-electron chi connectivity index (χ1n) is 11.3. The first kappa shape index (κ1) is 23.7. The summed E-state index contributed by atoms with van der Waals surface area (Å²) in [6.07, 6.45) is 8.60. The molecule has 0 aliphatic heterocycles. The smallest absolute Gasteiger partial charge is 0.185 e. The lowest BCUT2D eigenvalue weighted by molar-refractivity contribution is 0.104. The molecule has 0 aromatic heterocycles. The molecular formula is C27H36O3. The van der Waals surface area contributed by atoms with Crippen LogP contribution in [0.2, 0.25) is 0 Å². The van der Waals surface area contributed by atoms with Gasteiger partial charge in [0.05, 0.1) is 12.2 Å². The highest BCUT2D eigenvalue weighted by atomic mass is 16.5. The van der Waals surface area contributed by atoms with Gasteiger partial charge in [0.2, 0.25) is 0 Å². The van der Waals surface area contributed by atoms with Crippen LogP contribution < -0.4 is 9.47 Å². The maximum absolute atomic E-state index is 12.8. The van der Waals surface area contributed by atoms with Crippen LogP contribution >= 0.6 is 0 Å². The monoisotopic (exact) mass is 408 g/mol. The van der Waals surface area contributed by atoms with Crippen molar-refractivity contribution in [1.29, 1.82) is 0 Å². The summed E-state index contributed by atoms with van der Waals surface area (Å²) in [7, 11) is 0. The van der Waals surface area contributed by atoms with E-state index in [1.807, 2.05) is 36.4 Å². The molecule has 0 aliphatic carbocycles. The average molecular weight is 409 g/mol. The van der Waals surface area contributed by atoms with Crippen LogP contribution in [0.1, 0.15) is 81.8 Å². The molecule has 0 unspecified atom stereocenters. The highest BCUT2D eigenvalue weighted by molar-refractivity contribution is 6.07. The summed E-state index contributed by atoms with van der Waals surface area (Å²) in [6.45, 7) is 10.6. The molecule has 0 atom stereocenters. The van der Waals surface area contributed by atoms with E-state index in [4.69, 9.17) is 9.47 Å². The molecule has 0 saturated carbocycles. The summed E-state index contributed by atoms with van der Waals surface area (Å²) in [5.41, 5.74) is 2.79. The minimum atomic E-state index is -0.0413. The second-order valence-corrected chi connectivity index (χ2v) is 7.56. The molecule has 0 aliphatic rings. The van der Waals surface area contributed by atoms with E-state index in [2.05, 4.69) is 46.8 Å². The Balaban J connectivity index is 2.23. The Kier molecular flexibility index (Phi) is 9.66. The summed E-state index contributed by atoms with van der Waals surface area (Å²) in [5, 5.41) is 0. The van der Waals surface area contributed by atoms with Gasteiger partial charge in [-0.15, -0.1) is 0 Å². The fourth-order valence-corrected chi connectivity index (χ4v) is 3.32. The number of allylic oxidation sites excluding steroid dienone is 1. The zero-order valence-corrected chi connectivity index (χ0v) is 19.1. The van der Waals surface area contributed by atoms with Crippen molar-refractivity contribution in [2.75, 3.05) is 0 Å². The number of ether oxygens (including phenoxy) is 2. The van der Waals surface area contributed by atoms with E-state index in [0.29, 0.717) is 5.56 Å². The molecule has 2 aromatic rings. The molecule has 0 spiro atoms. The van der Waals surface area contributed by atoms with Gasteiger partial charge in [0, 0.05) is 11.1 Å². The van der Waals surface area contributed by atoms with Gasteiger partial charge in [0.25, 0.3) is 0 Å². The molecule has 0 saturated heterocycles. The molecule has 2 rings (SSSR count). The summed E-state index contributed by atoms with van der Waals surface area (Å²) < 4.78 is 12.2. The summed E-state index contributed by atoms with van der Waals surface area (Å²) >= 11 is 0. The fraction of sp³-hybridized carbons (Fsp3) is 0.444. The Labute approximate surface area is 182 Å². The SMILES string of the molecule is CCc1ccc(OC(CC)CC)c(/C=C/C(=O)c2cccc(OC(CC)CC)c2)c1. The van der Waals surface area contributed by atoms with Crippen molar-refractivity contribution >= 4 is 11.9 Å². The number of aryl methyl sites for hydroxylation is 1. The zero-order chi connectivity index (χ0) is 21.9. The third-order valence-corrected chi connectivity index (χ3v) is 5.43. The van der Waals surface area contributed by atoms with Crippen LogP contribution in [0.25, 0.3) is 6.08 Å². The van der Waals surface area contributed by atoms with Crippen molar-refractivity contribution in [2.45, 2.75) is 78.9 Å². The molecule has 0 amide bonds. The van der Waals surface area contributed by atoms with Crippen LogP contribution in [-0.4, -0.2) is 18.0 Å². The number of ketones is 1. The maximum atomic E-state index is 12.8. The number of rotatable bonds is 12. The molecule has 0 radical (unpaired) electrons. The maximum Gasteiger partial charge on any atom is 0.185 e. The van der Waals surface area contributed by atoms with Gasteiger partial charge in [-0.1, -0.05) is 52.8 Å². The Bertz CT molecular complexity index is 830. The summed E-state index contributed by atoms with van der Waals surface area (Å²) in [6, 6.07) is 13.7. The highest BCUT2D eigenvalue weighted by Crippen LogP contribution is 2.25. The van der Waals surface area contributed by atoms with Gasteiger partial charge in [-0.3, -0.25) is 4.79 Å². The zero-order valence-electron chi connectivity index (χ0n) is 19.1. The number of carbonyl (C=O) groups excluding carboxylic acids is 1. The number of benzene rings is 2. The first-order valence-corrected chi connectivity index (χ1v) is 11.3. The van der Waals surface area contributed by atoms with E-state index in [1.54, 1.807) is 6.08 Å². The lowest BCUT2D eigenvalue weighted by atomic mass is 10.0. The van der Waals surface area contributed by atoms with Gasteiger partial charge in [0.1, 0.15) is 11.5 Å². The van der Waals surface area contributed by atoms with Crippen LogP contribution in [0.15, 0.2) is 48.5 Å². The molecule has 3 heteroatoms. The van der Waals surface area contributed by atoms with Gasteiger partial charge < -0.3 is 9.47 Å². The van der Waals surface area contributed by atoms with E-state index in [-0.39, 0.29) is 18.0 Å². The van der Waals surface area contributed by atoms with Crippen molar-refractivity contribution in [2.24, 2.45) is 0 Å². The predicted molar refractivity (Wildman–Crippen MR) is 126 cm³/mol. The van der Waals surface area contributed by atoms with Gasteiger partial charge in [-0.05, 0) is 74.1 Å². The van der Waals surface area contributed by atoms with Crippen LogP contribution in [0.3, 0.4) is 0 Å². The third-order valence-electron chi connectivity index (χ3n) is 5.43. The Hall–Kier alpha value is -2.55. The standard InChI is InChI=1S/C27H36O3/c1-6-20-14-17-27(30-24(9-4)10-5)22(18-20)15-16-26(28)21-12-11-13-25(19-21)29-23(7-2)8-3/h11-19,23-24H,6-10H2,1-5H3/b16-15+. The second-order valence-electron chi connectivity index (χ2n) is 7.56. The normalized spacial score (nSPS) is 11.4. The quantitative estimate of drug-likeness (QED) is 0.273. The second kappa shape index (κ2) is 12.2. The van der Waals surface area contributed by atoms with E-state index in [1.165, 1.54) is 5.56 Å². The summed E-state index contributed by atoms with van der Waals surface area (Å²) in [4.78, 5) is 12.8. The predicted octanol–water partition coefficient (Wildman–Crippen LogP) is 7.28. The van der Waals surface area contributed by atoms with E-state index < -0.39 is 0 Å². The van der Waals surface area contributed by atoms with E-state index >= 15 is 0 Å². The van der Waals surface area contributed by atoms with Crippen molar-refractivity contribution in [3.05, 3.63) is 65.2 Å². The minimum Gasteiger partial charge on any atom is -0.490 e. The van der Waals surface area contributed by atoms with Crippen molar-refractivity contribution in [1.82, 2.24) is 0 Å². The fourth-order valence-electron chi connectivity index (χ4n) is 3.32. The summed E-state index contributed by atoms with van der Waals surface area (Å²) in [5.74, 6) is 1.53. The van der Waals surface area contributed by atoms with Crippen molar-refractivity contribution < 1.29 is 14.3 Å². The molecule has 30 heavy (non-hydrogen) atoms. The van der Waals surface area contributed by atoms with E-state index in [9.17, 15) is 4.79 Å². The van der Waals surface area contributed by atoms with Crippen LogP contribution in [0.5, 0.6) is 11.5 Å². The van der Waals surface area contributed by atoms with Crippen molar-refractivity contribution in [3.8, 4) is 11.5 Å². The number of hydrogen-bond acceptors (Lipinski definition) is 3. The topological polar surface area (TPSA) is 35.5 Å². The van der Waals surface area contributed by atoms with E-state index in [0.717, 1.165) is 49.2 Å². The Morgan fingerprint density at radius 2 is 1.53 bits per heavy atom. The molecule has 3 nitrogen and oxygen atoms in total. The minimum absolute atomic E-state index is 0.0413. The number of hydrogen-bond donors (Lipinski definition) is 0. The first-order chi connectivity index (χ1) is 14.5. The Morgan fingerprint density at radius 3 is 2.17 bits per heavy atom. The lowest BCUT2D eigenvalue weighted by Gasteiger charge is -2.18. The largest absolute Gasteiger partial charge is 0.490 e. The molecule has 162 valence electrons. The van der Waals surface area contributed by atoms with Crippen molar-refractivity contribution in [3.63, 3.8) is 0 Å². The van der Waals surface area contributed by atoms with Crippen LogP contribution in [-0.2, 0) is 6.42 Å². The Morgan fingerprint density at radius 1 is 0.867 bits per heavy atom. The van der Waals surface area contributed by atoms with Gasteiger partial charge in [0.15, 0.2) is 5.78 Å². The lowest BCUT2D eigenvalue weighted by Crippen LogP contribution is -2.14. The average Bonchev–Trinajstić information content (AvgIpc) is 2.79. The van der Waals surface area contributed by atoms with Crippen LogP contribution in [0.4, 0.5) is 0 Å². The third kappa shape index (κ3) is 6.76. The molecule has 0 heterocycles. The van der Waals surface area contributed by atoms with Gasteiger partial charge in [-0.25, -0.2) is 0 Å². The molecule has 2 aromatic carbocycles.